The summed E-state index contributed by atoms with van der Waals surface area (Å²) in [6.07, 6.45) is 2.41. The van der Waals surface area contributed by atoms with E-state index in [-0.39, 0.29) is 70.5 Å². The van der Waals surface area contributed by atoms with Gasteiger partial charge in [-0.15, -0.1) is 0 Å². The van der Waals surface area contributed by atoms with Crippen molar-refractivity contribution < 1.29 is 73.9 Å². The van der Waals surface area contributed by atoms with E-state index < -0.39 is 22.0 Å². The molecule has 0 saturated carbocycles. The average Bonchev–Trinajstić information content (AvgIpc) is 2.36. The van der Waals surface area contributed by atoms with Crippen LogP contribution in [0.2, 0.25) is 0 Å². The molecule has 8 nitrogen and oxygen atoms in total. The molecule has 10 heteroatoms. The fourth-order valence-corrected chi connectivity index (χ4v) is 2.10. The smallest absolute Gasteiger partial charge is 0.748 e. The maximum absolute atomic E-state index is 11.5. The van der Waals surface area contributed by atoms with E-state index >= 15 is 0 Å². The summed E-state index contributed by atoms with van der Waals surface area (Å²) in [5.74, 6) is -0.538. The second-order valence-electron chi connectivity index (χ2n) is 4.45. The second kappa shape index (κ2) is 14.3. The summed E-state index contributed by atoms with van der Waals surface area (Å²) in [6.45, 7) is 0.974. The van der Waals surface area contributed by atoms with Crippen molar-refractivity contribution in [2.45, 2.75) is 38.1 Å². The molecule has 0 unspecified atom stereocenters. The minimum absolute atomic E-state index is 0. The van der Waals surface area contributed by atoms with Crippen LogP contribution < -0.4 is 68.2 Å². The Morgan fingerprint density at radius 1 is 1.14 bits per heavy atom. The summed E-state index contributed by atoms with van der Waals surface area (Å²) in [5.41, 5.74) is 10.8. The number of carbonyl (C=O) groups is 1. The van der Waals surface area contributed by atoms with Gasteiger partial charge in [-0.2, -0.15) is 0 Å². The van der Waals surface area contributed by atoms with Gasteiger partial charge >= 0.3 is 57.5 Å². The van der Waals surface area contributed by atoms with Crippen LogP contribution in [0.4, 0.5) is 4.79 Å². The van der Waals surface area contributed by atoms with Gasteiger partial charge < -0.3 is 26.1 Å². The Morgan fingerprint density at radius 2 is 1.67 bits per heavy atom. The Morgan fingerprint density at radius 3 is 2.10 bits per heavy atom. The van der Waals surface area contributed by atoms with Crippen LogP contribution in [0.1, 0.15) is 32.1 Å². The molecule has 0 aromatic carbocycles. The van der Waals surface area contributed by atoms with Crippen LogP contribution in [-0.4, -0.2) is 50.6 Å². The Hall–Kier alpha value is 0.736. The predicted molar refractivity (Wildman–Crippen MR) is 74.0 cm³/mol. The molecule has 0 fully saturated rings. The molecule has 0 heterocycles. The van der Waals surface area contributed by atoms with E-state index in [4.69, 9.17) is 16.2 Å². The quantitative estimate of drug-likeness (QED) is 0.199. The van der Waals surface area contributed by atoms with Crippen LogP contribution >= 0.6 is 0 Å². The van der Waals surface area contributed by atoms with Gasteiger partial charge in [-0.25, -0.2) is 13.2 Å². The third-order valence-electron chi connectivity index (χ3n) is 2.61. The maximum Gasteiger partial charge on any atom is 1.00 e. The Kier molecular flexibility index (Phi) is 16.4. The van der Waals surface area contributed by atoms with Crippen LogP contribution in [0, 0.1) is 0 Å². The zero-order valence-electron chi connectivity index (χ0n) is 12.5. The molecular formula is C11H24KN3O5S. The van der Waals surface area contributed by atoms with Gasteiger partial charge in [-0.1, -0.05) is 0 Å². The summed E-state index contributed by atoms with van der Waals surface area (Å²) in [7, 11) is -4.26. The molecule has 120 valence electrons. The van der Waals surface area contributed by atoms with E-state index in [1.807, 2.05) is 0 Å². The van der Waals surface area contributed by atoms with Crippen LogP contribution in [0.5, 0.6) is 0 Å². The van der Waals surface area contributed by atoms with E-state index in [2.05, 4.69) is 5.32 Å². The number of nitrogens with one attached hydrogen (secondary N) is 1. The van der Waals surface area contributed by atoms with Crippen molar-refractivity contribution in [1.82, 2.24) is 5.32 Å². The summed E-state index contributed by atoms with van der Waals surface area (Å²) < 4.78 is 35.9. The predicted octanol–water partition coefficient (Wildman–Crippen LogP) is -3.50. The largest absolute Gasteiger partial charge is 1.00 e. The number of nitrogens with two attached hydrogens (primary N) is 2. The van der Waals surface area contributed by atoms with Crippen molar-refractivity contribution >= 4 is 16.2 Å². The molecule has 0 atom stereocenters. The molecule has 0 aliphatic heterocycles. The molecule has 0 aromatic heterocycles. The average molecular weight is 349 g/mol. The van der Waals surface area contributed by atoms with Crippen molar-refractivity contribution in [3.8, 4) is 0 Å². The van der Waals surface area contributed by atoms with Crippen LogP contribution in [0.25, 0.3) is 0 Å². The van der Waals surface area contributed by atoms with Gasteiger partial charge in [0.1, 0.15) is 0 Å². The van der Waals surface area contributed by atoms with Crippen molar-refractivity contribution in [2.75, 3.05) is 25.4 Å². The number of alkyl carbamates (subject to hydrolysis) is 1. The third-order valence-corrected chi connectivity index (χ3v) is 3.40. The number of rotatable bonds is 11. The molecule has 1 amide bonds. The Balaban J connectivity index is 0. The Labute approximate surface area is 168 Å². The van der Waals surface area contributed by atoms with Gasteiger partial charge in [-0.05, 0) is 45.2 Å². The van der Waals surface area contributed by atoms with Crippen molar-refractivity contribution in [3.05, 3.63) is 0 Å². The SMILES string of the molecule is NCCCC(CCCN)NC(=O)OCCCS(=O)(=O)[O-].[K+]. The Bertz CT molecular complexity index is 359. The topological polar surface area (TPSA) is 148 Å². The van der Waals surface area contributed by atoms with Crippen LogP contribution in [0.15, 0.2) is 0 Å². The molecule has 0 saturated heterocycles. The first kappa shape index (κ1) is 24.0. The summed E-state index contributed by atoms with van der Waals surface area (Å²) >= 11 is 0. The van der Waals surface area contributed by atoms with E-state index in [0.717, 1.165) is 25.7 Å². The minimum Gasteiger partial charge on any atom is -0.748 e. The molecule has 0 aliphatic rings. The van der Waals surface area contributed by atoms with Gasteiger partial charge in [0.05, 0.1) is 16.7 Å². The van der Waals surface area contributed by atoms with Crippen LogP contribution in [-0.2, 0) is 14.9 Å². The second-order valence-corrected chi connectivity index (χ2v) is 5.98. The van der Waals surface area contributed by atoms with Gasteiger partial charge in [0.25, 0.3) is 0 Å². The molecule has 0 aromatic rings. The van der Waals surface area contributed by atoms with E-state index in [0.29, 0.717) is 13.1 Å². The molecule has 21 heavy (non-hydrogen) atoms. The first-order valence-electron chi connectivity index (χ1n) is 6.66. The zero-order valence-corrected chi connectivity index (χ0v) is 16.5. The van der Waals surface area contributed by atoms with Gasteiger partial charge in [0, 0.05) is 11.8 Å². The van der Waals surface area contributed by atoms with Crippen molar-refractivity contribution in [3.63, 3.8) is 0 Å². The maximum atomic E-state index is 11.5. The molecule has 0 aliphatic carbocycles. The van der Waals surface area contributed by atoms with Gasteiger partial charge in [0.2, 0.25) is 0 Å². The number of hydrogen-bond acceptors (Lipinski definition) is 7. The van der Waals surface area contributed by atoms with Crippen LogP contribution in [0.3, 0.4) is 0 Å². The van der Waals surface area contributed by atoms with E-state index in [1.165, 1.54) is 0 Å². The minimum atomic E-state index is -4.26. The number of ether oxygens (including phenoxy) is 1. The molecule has 5 N–H and O–H groups in total. The first-order chi connectivity index (χ1) is 9.39. The summed E-state index contributed by atoms with van der Waals surface area (Å²) in [6, 6.07) is -0.0576. The third kappa shape index (κ3) is 16.9. The van der Waals surface area contributed by atoms with E-state index in [1.54, 1.807) is 0 Å². The van der Waals surface area contributed by atoms with Gasteiger partial charge in [-0.3, -0.25) is 0 Å². The molecule has 0 radical (unpaired) electrons. The number of hydrogen-bond donors (Lipinski definition) is 3. The first-order valence-corrected chi connectivity index (χ1v) is 8.23. The number of carbonyl (C=O) groups excluding carboxylic acids is 1. The summed E-state index contributed by atoms with van der Waals surface area (Å²) in [4.78, 5) is 11.5. The normalized spacial score (nSPS) is 11.0. The standard InChI is InChI=1S/C11H25N3O5S.K/c12-6-1-4-10(5-2-7-13)14-11(15)19-8-3-9-20(16,17)18;/h10H,1-9,12-13H2,(H,14,15)(H,16,17,18);/q;+1/p-1. The zero-order chi connectivity index (χ0) is 15.4. The molecular weight excluding hydrogens is 325 g/mol. The molecule has 0 spiro atoms. The summed E-state index contributed by atoms with van der Waals surface area (Å²) in [5, 5.41) is 2.68. The molecule has 0 rings (SSSR count). The monoisotopic (exact) mass is 349 g/mol. The van der Waals surface area contributed by atoms with Crippen molar-refractivity contribution in [1.29, 1.82) is 0 Å². The van der Waals surface area contributed by atoms with Gasteiger partial charge in [0.15, 0.2) is 0 Å². The van der Waals surface area contributed by atoms with E-state index in [9.17, 15) is 17.8 Å². The fourth-order valence-electron chi connectivity index (χ4n) is 1.63. The number of amides is 1. The van der Waals surface area contributed by atoms with Crippen molar-refractivity contribution in [2.24, 2.45) is 11.5 Å². The fraction of sp³-hybridized carbons (Fsp3) is 0.909. The molecule has 0 bridgehead atoms.